The predicted molar refractivity (Wildman–Crippen MR) is 35.3 cm³/mol. The van der Waals surface area contributed by atoms with Crippen molar-refractivity contribution in [1.82, 2.24) is 10.2 Å². The standard InChI is InChI=1S/C6H7N3O/c1-4-5(6(7)10)2-3-8-9-4/h2-3H,1H3,(H2,7,10). The zero-order valence-corrected chi connectivity index (χ0v) is 5.53. The van der Waals surface area contributed by atoms with Crippen LogP contribution in [-0.2, 0) is 0 Å². The maximum absolute atomic E-state index is 10.6. The number of aromatic nitrogens is 2. The first-order chi connectivity index (χ1) is 4.72. The summed E-state index contributed by atoms with van der Waals surface area (Å²) in [6.07, 6.45) is 1.44. The number of primary amides is 1. The molecule has 0 saturated carbocycles. The Labute approximate surface area is 58.1 Å². The average molecular weight is 137 g/mol. The van der Waals surface area contributed by atoms with Crippen molar-refractivity contribution in [1.29, 1.82) is 0 Å². The Morgan fingerprint density at radius 2 is 2.40 bits per heavy atom. The molecule has 1 amide bonds. The van der Waals surface area contributed by atoms with E-state index in [1.165, 1.54) is 6.20 Å². The molecule has 4 heteroatoms. The third-order valence-corrected chi connectivity index (χ3v) is 1.17. The fourth-order valence-corrected chi connectivity index (χ4v) is 0.663. The van der Waals surface area contributed by atoms with Gasteiger partial charge in [-0.05, 0) is 13.0 Å². The molecule has 1 rings (SSSR count). The molecule has 0 unspecified atom stereocenters. The number of carbonyl (C=O) groups excluding carboxylic acids is 1. The first kappa shape index (κ1) is 6.67. The minimum Gasteiger partial charge on any atom is -0.366 e. The second-order valence-electron chi connectivity index (χ2n) is 1.89. The van der Waals surface area contributed by atoms with E-state index in [-0.39, 0.29) is 0 Å². The van der Waals surface area contributed by atoms with Gasteiger partial charge in [0.05, 0.1) is 17.5 Å². The van der Waals surface area contributed by atoms with Crippen LogP contribution < -0.4 is 5.73 Å². The lowest BCUT2D eigenvalue weighted by Crippen LogP contribution is -2.13. The Morgan fingerprint density at radius 3 is 2.80 bits per heavy atom. The van der Waals surface area contributed by atoms with Crippen molar-refractivity contribution in [2.24, 2.45) is 5.73 Å². The summed E-state index contributed by atoms with van der Waals surface area (Å²) in [5.41, 5.74) is 6.00. The van der Waals surface area contributed by atoms with Crippen molar-refractivity contribution in [3.05, 3.63) is 23.5 Å². The van der Waals surface area contributed by atoms with Crippen molar-refractivity contribution in [2.75, 3.05) is 0 Å². The third kappa shape index (κ3) is 1.10. The number of aryl methyl sites for hydroxylation is 1. The highest BCUT2D eigenvalue weighted by atomic mass is 16.1. The SMILES string of the molecule is Cc1nnccc1C(N)=O. The van der Waals surface area contributed by atoms with Gasteiger partial charge in [-0.15, -0.1) is 0 Å². The van der Waals surface area contributed by atoms with Crippen LogP contribution >= 0.6 is 0 Å². The maximum Gasteiger partial charge on any atom is 0.250 e. The lowest BCUT2D eigenvalue weighted by atomic mass is 10.2. The van der Waals surface area contributed by atoms with E-state index >= 15 is 0 Å². The Kier molecular flexibility index (Phi) is 1.62. The van der Waals surface area contributed by atoms with Crippen molar-refractivity contribution in [2.45, 2.75) is 6.92 Å². The lowest BCUT2D eigenvalue weighted by Gasteiger charge is -1.95. The van der Waals surface area contributed by atoms with E-state index in [1.807, 2.05) is 0 Å². The molecule has 10 heavy (non-hydrogen) atoms. The van der Waals surface area contributed by atoms with E-state index in [2.05, 4.69) is 10.2 Å². The van der Waals surface area contributed by atoms with Gasteiger partial charge in [-0.25, -0.2) is 0 Å². The second kappa shape index (κ2) is 2.43. The molecule has 0 aliphatic rings. The van der Waals surface area contributed by atoms with E-state index in [1.54, 1.807) is 13.0 Å². The maximum atomic E-state index is 10.6. The van der Waals surface area contributed by atoms with Crippen molar-refractivity contribution >= 4 is 5.91 Å². The molecular formula is C6H7N3O. The number of hydrogen-bond acceptors (Lipinski definition) is 3. The zero-order chi connectivity index (χ0) is 7.56. The number of hydrogen-bond donors (Lipinski definition) is 1. The van der Waals surface area contributed by atoms with E-state index < -0.39 is 5.91 Å². The summed E-state index contributed by atoms with van der Waals surface area (Å²) in [4.78, 5) is 10.6. The quantitative estimate of drug-likeness (QED) is 0.586. The smallest absolute Gasteiger partial charge is 0.250 e. The van der Waals surface area contributed by atoms with Crippen LogP contribution in [-0.4, -0.2) is 16.1 Å². The third-order valence-electron chi connectivity index (χ3n) is 1.17. The van der Waals surface area contributed by atoms with Crippen LogP contribution in [0.15, 0.2) is 12.3 Å². The molecule has 0 aliphatic heterocycles. The lowest BCUT2D eigenvalue weighted by molar-refractivity contribution is 0.0999. The molecule has 4 nitrogen and oxygen atoms in total. The Hall–Kier alpha value is -1.45. The number of carbonyl (C=O) groups is 1. The zero-order valence-electron chi connectivity index (χ0n) is 5.53. The van der Waals surface area contributed by atoms with Crippen molar-refractivity contribution < 1.29 is 4.79 Å². The van der Waals surface area contributed by atoms with E-state index in [4.69, 9.17) is 5.73 Å². The number of nitrogens with zero attached hydrogens (tertiary/aromatic N) is 2. The monoisotopic (exact) mass is 137 g/mol. The van der Waals surface area contributed by atoms with Gasteiger partial charge in [0.15, 0.2) is 0 Å². The first-order valence-electron chi connectivity index (χ1n) is 2.80. The summed E-state index contributed by atoms with van der Waals surface area (Å²) in [6, 6.07) is 1.55. The van der Waals surface area contributed by atoms with Gasteiger partial charge in [-0.1, -0.05) is 0 Å². The van der Waals surface area contributed by atoms with Gasteiger partial charge in [0.2, 0.25) is 0 Å². The highest BCUT2D eigenvalue weighted by molar-refractivity contribution is 5.93. The van der Waals surface area contributed by atoms with E-state index in [0.29, 0.717) is 11.3 Å². The Balaban J connectivity index is 3.15. The van der Waals surface area contributed by atoms with Crippen LogP contribution in [0.3, 0.4) is 0 Å². The van der Waals surface area contributed by atoms with Gasteiger partial charge in [0.25, 0.3) is 5.91 Å². The molecule has 2 N–H and O–H groups in total. The predicted octanol–water partition coefficient (Wildman–Crippen LogP) is -0.116. The van der Waals surface area contributed by atoms with Gasteiger partial charge in [-0.3, -0.25) is 4.79 Å². The number of amides is 1. The van der Waals surface area contributed by atoms with Crippen LogP contribution in [0.4, 0.5) is 0 Å². The first-order valence-corrected chi connectivity index (χ1v) is 2.80. The molecule has 52 valence electrons. The van der Waals surface area contributed by atoms with Crippen molar-refractivity contribution in [3.8, 4) is 0 Å². The minimum absolute atomic E-state index is 0.426. The van der Waals surface area contributed by atoms with E-state index in [9.17, 15) is 4.79 Å². The van der Waals surface area contributed by atoms with Crippen LogP contribution in [0.2, 0.25) is 0 Å². The van der Waals surface area contributed by atoms with Crippen LogP contribution in [0.1, 0.15) is 16.1 Å². The van der Waals surface area contributed by atoms with Crippen LogP contribution in [0, 0.1) is 6.92 Å². The molecule has 0 bridgehead atoms. The Morgan fingerprint density at radius 1 is 1.70 bits per heavy atom. The molecular weight excluding hydrogens is 130 g/mol. The van der Waals surface area contributed by atoms with Gasteiger partial charge < -0.3 is 5.73 Å². The van der Waals surface area contributed by atoms with Gasteiger partial charge >= 0.3 is 0 Å². The summed E-state index contributed by atoms with van der Waals surface area (Å²) in [7, 11) is 0. The van der Waals surface area contributed by atoms with E-state index in [0.717, 1.165) is 0 Å². The van der Waals surface area contributed by atoms with Crippen LogP contribution in [0.25, 0.3) is 0 Å². The summed E-state index contributed by atoms with van der Waals surface area (Å²) < 4.78 is 0. The minimum atomic E-state index is -0.465. The van der Waals surface area contributed by atoms with Crippen molar-refractivity contribution in [3.63, 3.8) is 0 Å². The molecule has 0 aliphatic carbocycles. The topological polar surface area (TPSA) is 68.9 Å². The van der Waals surface area contributed by atoms with Gasteiger partial charge in [-0.2, -0.15) is 10.2 Å². The molecule has 0 spiro atoms. The normalized spacial score (nSPS) is 9.30. The Bertz CT molecular complexity index is 259. The summed E-state index contributed by atoms with van der Waals surface area (Å²) in [6.45, 7) is 1.69. The summed E-state index contributed by atoms with van der Waals surface area (Å²) in [5, 5.41) is 7.22. The molecule has 0 atom stereocenters. The molecule has 1 heterocycles. The highest BCUT2D eigenvalue weighted by Crippen LogP contribution is 1.98. The average Bonchev–Trinajstić information content (AvgIpc) is 1.88. The fourth-order valence-electron chi connectivity index (χ4n) is 0.663. The second-order valence-corrected chi connectivity index (χ2v) is 1.89. The van der Waals surface area contributed by atoms with Gasteiger partial charge in [0.1, 0.15) is 0 Å². The van der Waals surface area contributed by atoms with Gasteiger partial charge in [0, 0.05) is 0 Å². The van der Waals surface area contributed by atoms with Crippen LogP contribution in [0.5, 0.6) is 0 Å². The molecule has 0 saturated heterocycles. The molecule has 1 aromatic rings. The molecule has 0 fully saturated rings. The number of rotatable bonds is 1. The molecule has 0 radical (unpaired) electrons. The molecule has 1 aromatic heterocycles. The number of nitrogens with two attached hydrogens (primary N) is 1. The summed E-state index contributed by atoms with van der Waals surface area (Å²) in [5.74, 6) is -0.465. The summed E-state index contributed by atoms with van der Waals surface area (Å²) >= 11 is 0. The largest absolute Gasteiger partial charge is 0.366 e. The fraction of sp³-hybridized carbons (Fsp3) is 0.167. The highest BCUT2D eigenvalue weighted by Gasteiger charge is 2.02. The molecule has 0 aromatic carbocycles.